The summed E-state index contributed by atoms with van der Waals surface area (Å²) >= 11 is 0. The number of oxime groups is 1. The first-order chi connectivity index (χ1) is 15.6. The summed E-state index contributed by atoms with van der Waals surface area (Å²) in [6, 6.07) is 13.4. The normalized spacial score (nSPS) is 36.0. The Hall–Kier alpha value is -2.57. The molecule has 2 N–H and O–H groups in total. The maximum atomic E-state index is 12.4. The lowest BCUT2D eigenvalue weighted by Crippen LogP contribution is -2.76. The number of likely N-dealkylation sites (tertiary alicyclic amines) is 1. The van der Waals surface area contributed by atoms with Crippen molar-refractivity contribution in [3.05, 3.63) is 53.6 Å². The fourth-order valence-corrected chi connectivity index (χ4v) is 6.97. The van der Waals surface area contributed by atoms with Crippen LogP contribution in [0.3, 0.4) is 0 Å². The van der Waals surface area contributed by atoms with Gasteiger partial charge in [-0.2, -0.15) is 0 Å². The molecule has 5 aliphatic rings. The molecule has 3 fully saturated rings. The monoisotopic (exact) mass is 432 g/mol. The number of para-hydroxylation sites is 1. The van der Waals surface area contributed by atoms with Gasteiger partial charge in [-0.05, 0) is 74.8 Å². The van der Waals surface area contributed by atoms with E-state index in [1.54, 1.807) is 6.07 Å². The van der Waals surface area contributed by atoms with Gasteiger partial charge in [-0.25, -0.2) is 0 Å². The van der Waals surface area contributed by atoms with E-state index in [1.165, 1.54) is 18.4 Å². The Morgan fingerprint density at radius 1 is 1.12 bits per heavy atom. The van der Waals surface area contributed by atoms with E-state index in [0.717, 1.165) is 43.1 Å². The SMILES string of the molecule is Oc1ccc2c3c1O[C@H]1C(=NOc4ccccc4)CC[C@@]4(O)[C@@H](C2)N(CC2CC2)CC[C@]314. The van der Waals surface area contributed by atoms with Crippen molar-refractivity contribution in [1.29, 1.82) is 0 Å². The van der Waals surface area contributed by atoms with Gasteiger partial charge in [0.15, 0.2) is 23.4 Å². The van der Waals surface area contributed by atoms with Gasteiger partial charge in [-0.3, -0.25) is 4.90 Å². The number of hydrogen-bond donors (Lipinski definition) is 2. The molecule has 2 aromatic rings. The van der Waals surface area contributed by atoms with Gasteiger partial charge < -0.3 is 19.8 Å². The lowest BCUT2D eigenvalue weighted by molar-refractivity contribution is -0.167. The number of aromatic hydroxyl groups is 1. The largest absolute Gasteiger partial charge is 0.504 e. The Morgan fingerprint density at radius 3 is 2.78 bits per heavy atom. The van der Waals surface area contributed by atoms with E-state index in [9.17, 15) is 10.2 Å². The third-order valence-electron chi connectivity index (χ3n) is 8.59. The van der Waals surface area contributed by atoms with Crippen LogP contribution < -0.4 is 9.57 Å². The van der Waals surface area contributed by atoms with Crippen LogP contribution in [-0.4, -0.2) is 51.7 Å². The zero-order valence-corrected chi connectivity index (χ0v) is 18.0. The number of benzene rings is 2. The second-order valence-corrected chi connectivity index (χ2v) is 10.2. The summed E-state index contributed by atoms with van der Waals surface area (Å²) in [5.74, 6) is 2.14. The Morgan fingerprint density at radius 2 is 1.97 bits per heavy atom. The summed E-state index contributed by atoms with van der Waals surface area (Å²) in [4.78, 5) is 8.31. The number of phenolic OH excluding ortho intramolecular Hbond substituents is 1. The van der Waals surface area contributed by atoms with Crippen molar-refractivity contribution >= 4 is 5.71 Å². The second kappa shape index (κ2) is 6.49. The third kappa shape index (κ3) is 2.40. The maximum absolute atomic E-state index is 12.4. The third-order valence-corrected chi connectivity index (χ3v) is 8.59. The van der Waals surface area contributed by atoms with Gasteiger partial charge in [0.2, 0.25) is 0 Å². The van der Waals surface area contributed by atoms with E-state index in [-0.39, 0.29) is 11.8 Å². The van der Waals surface area contributed by atoms with Gasteiger partial charge in [-0.15, -0.1) is 0 Å². The minimum Gasteiger partial charge on any atom is -0.504 e. The summed E-state index contributed by atoms with van der Waals surface area (Å²) in [7, 11) is 0. The molecular formula is C26H28N2O4. The molecule has 7 rings (SSSR count). The summed E-state index contributed by atoms with van der Waals surface area (Å²) < 4.78 is 6.46. The second-order valence-electron chi connectivity index (χ2n) is 10.2. The number of piperidine rings is 1. The summed E-state index contributed by atoms with van der Waals surface area (Å²) in [5.41, 5.74) is 1.54. The molecule has 4 atom stereocenters. The molecule has 166 valence electrons. The quantitative estimate of drug-likeness (QED) is 0.725. The average molecular weight is 433 g/mol. The minimum absolute atomic E-state index is 0.0718. The molecule has 32 heavy (non-hydrogen) atoms. The van der Waals surface area contributed by atoms with E-state index in [0.29, 0.717) is 24.3 Å². The summed E-state index contributed by atoms with van der Waals surface area (Å²) in [6.45, 7) is 2.01. The first kappa shape index (κ1) is 18.9. The van der Waals surface area contributed by atoms with Crippen LogP contribution in [0.15, 0.2) is 47.6 Å². The van der Waals surface area contributed by atoms with Gasteiger partial charge in [-0.1, -0.05) is 29.4 Å². The van der Waals surface area contributed by atoms with Crippen molar-refractivity contribution in [1.82, 2.24) is 4.90 Å². The van der Waals surface area contributed by atoms with E-state index in [4.69, 9.17) is 9.57 Å². The predicted molar refractivity (Wildman–Crippen MR) is 119 cm³/mol. The lowest BCUT2D eigenvalue weighted by Gasteiger charge is -2.63. The molecule has 1 saturated heterocycles. The average Bonchev–Trinajstić information content (AvgIpc) is 3.54. The van der Waals surface area contributed by atoms with Gasteiger partial charge >= 0.3 is 0 Å². The van der Waals surface area contributed by atoms with Crippen LogP contribution >= 0.6 is 0 Å². The van der Waals surface area contributed by atoms with E-state index < -0.39 is 17.1 Å². The van der Waals surface area contributed by atoms with E-state index in [2.05, 4.69) is 10.1 Å². The molecule has 0 amide bonds. The molecule has 2 aromatic carbocycles. The van der Waals surface area contributed by atoms with Gasteiger partial charge in [0, 0.05) is 18.2 Å². The molecule has 6 nitrogen and oxygen atoms in total. The Bertz CT molecular complexity index is 1110. The molecule has 2 aliphatic heterocycles. The summed E-state index contributed by atoms with van der Waals surface area (Å²) in [5, 5.41) is 27.6. The van der Waals surface area contributed by atoms with Crippen LogP contribution in [0.1, 0.15) is 43.2 Å². The van der Waals surface area contributed by atoms with Crippen molar-refractivity contribution in [3.8, 4) is 17.2 Å². The highest BCUT2D eigenvalue weighted by Crippen LogP contribution is 2.65. The highest BCUT2D eigenvalue weighted by molar-refractivity contribution is 5.94. The standard InChI is InChI=1S/C26H28N2O4/c29-20-9-8-17-14-21-26(30)11-10-19(27-32-18-4-2-1-3-5-18)24-25(26,22(17)23(20)31-24)12-13-28(21)15-16-6-7-16/h1-5,8-9,16,21,24,29-30H,6-7,10-15H2/t21-,24+,25+,26-/m1/s1. The highest BCUT2D eigenvalue weighted by Gasteiger charge is 2.72. The van der Waals surface area contributed by atoms with Crippen LogP contribution in [0, 0.1) is 5.92 Å². The molecule has 1 spiro atoms. The summed E-state index contributed by atoms with van der Waals surface area (Å²) in [6.07, 6.45) is 5.04. The molecule has 0 unspecified atom stereocenters. The first-order valence-electron chi connectivity index (χ1n) is 11.9. The van der Waals surface area contributed by atoms with Crippen molar-refractivity contribution in [2.45, 2.75) is 61.7 Å². The van der Waals surface area contributed by atoms with Crippen molar-refractivity contribution < 1.29 is 19.8 Å². The molecule has 6 heteroatoms. The number of rotatable bonds is 4. The number of hydrogen-bond acceptors (Lipinski definition) is 6. The first-order valence-corrected chi connectivity index (χ1v) is 11.9. The molecule has 0 radical (unpaired) electrons. The fraction of sp³-hybridized carbons (Fsp3) is 0.500. The van der Waals surface area contributed by atoms with Crippen molar-refractivity contribution in [3.63, 3.8) is 0 Å². The number of aliphatic hydroxyl groups is 1. The van der Waals surface area contributed by atoms with Crippen LogP contribution in [0.4, 0.5) is 0 Å². The highest BCUT2D eigenvalue weighted by atomic mass is 16.6. The Labute approximate surface area is 187 Å². The van der Waals surface area contributed by atoms with Gasteiger partial charge in [0.1, 0.15) is 0 Å². The van der Waals surface area contributed by atoms with Crippen molar-refractivity contribution in [2.75, 3.05) is 13.1 Å². The predicted octanol–water partition coefficient (Wildman–Crippen LogP) is 3.39. The fourth-order valence-electron chi connectivity index (χ4n) is 6.97. The van der Waals surface area contributed by atoms with Crippen LogP contribution in [0.5, 0.6) is 17.2 Å². The molecule has 2 heterocycles. The van der Waals surface area contributed by atoms with Crippen LogP contribution in [0.25, 0.3) is 0 Å². The Balaban J connectivity index is 1.34. The number of ether oxygens (including phenoxy) is 1. The maximum Gasteiger partial charge on any atom is 0.166 e. The van der Waals surface area contributed by atoms with Crippen LogP contribution in [0.2, 0.25) is 0 Å². The van der Waals surface area contributed by atoms with Crippen molar-refractivity contribution in [2.24, 2.45) is 11.1 Å². The van der Waals surface area contributed by atoms with Gasteiger partial charge in [0.25, 0.3) is 0 Å². The molecule has 2 bridgehead atoms. The lowest BCUT2D eigenvalue weighted by atomic mass is 9.49. The van der Waals surface area contributed by atoms with Crippen LogP contribution in [-0.2, 0) is 11.8 Å². The zero-order valence-electron chi connectivity index (χ0n) is 18.0. The topological polar surface area (TPSA) is 74.5 Å². The smallest absolute Gasteiger partial charge is 0.166 e. The van der Waals surface area contributed by atoms with E-state index >= 15 is 0 Å². The molecule has 0 aromatic heterocycles. The molecular weight excluding hydrogens is 404 g/mol. The number of phenols is 1. The minimum atomic E-state index is -0.900. The van der Waals surface area contributed by atoms with Gasteiger partial charge in [0.05, 0.1) is 16.7 Å². The van der Waals surface area contributed by atoms with E-state index in [1.807, 2.05) is 36.4 Å². The Kier molecular flexibility index (Phi) is 3.84. The molecule has 3 aliphatic carbocycles. The zero-order chi connectivity index (χ0) is 21.5. The molecule has 2 saturated carbocycles. The number of nitrogens with zero attached hydrogens (tertiary/aromatic N) is 2.